The van der Waals surface area contributed by atoms with Crippen molar-refractivity contribution >= 4 is 21.8 Å². The highest BCUT2D eigenvalue weighted by Gasteiger charge is 2.28. The van der Waals surface area contributed by atoms with Crippen LogP contribution in [0.25, 0.3) is 0 Å². The average Bonchev–Trinajstić information content (AvgIpc) is 2.36. The molecule has 1 aromatic rings. The SMILES string of the molecule is CC(Br)CN(C)C(=O)C1CCCc2ccccc21. The minimum Gasteiger partial charge on any atom is -0.344 e. The van der Waals surface area contributed by atoms with E-state index in [1.165, 1.54) is 11.1 Å². The van der Waals surface area contributed by atoms with E-state index >= 15 is 0 Å². The first kappa shape index (κ1) is 13.6. The number of benzene rings is 1. The van der Waals surface area contributed by atoms with Crippen molar-refractivity contribution in [3.8, 4) is 0 Å². The highest BCUT2D eigenvalue weighted by Crippen LogP contribution is 2.32. The van der Waals surface area contributed by atoms with Crippen molar-refractivity contribution in [2.75, 3.05) is 13.6 Å². The van der Waals surface area contributed by atoms with Gasteiger partial charge in [0.2, 0.25) is 5.91 Å². The fourth-order valence-electron chi connectivity index (χ4n) is 2.74. The number of carbonyl (C=O) groups is 1. The van der Waals surface area contributed by atoms with Crippen LogP contribution in [0.15, 0.2) is 24.3 Å². The summed E-state index contributed by atoms with van der Waals surface area (Å²) in [5.74, 6) is 0.319. The molecule has 18 heavy (non-hydrogen) atoms. The monoisotopic (exact) mass is 309 g/mol. The van der Waals surface area contributed by atoms with Crippen LogP contribution >= 0.6 is 15.9 Å². The summed E-state index contributed by atoms with van der Waals surface area (Å²) in [4.78, 5) is 14.7. The maximum Gasteiger partial charge on any atom is 0.229 e. The first-order chi connectivity index (χ1) is 8.59. The minimum absolute atomic E-state index is 0.0613. The van der Waals surface area contributed by atoms with Gasteiger partial charge in [0.15, 0.2) is 0 Å². The number of alkyl halides is 1. The fraction of sp³-hybridized carbons (Fsp3) is 0.533. The second-order valence-electron chi connectivity index (χ2n) is 5.14. The van der Waals surface area contributed by atoms with Crippen LogP contribution in [0.2, 0.25) is 0 Å². The third-order valence-electron chi connectivity index (χ3n) is 3.57. The summed E-state index contributed by atoms with van der Waals surface area (Å²) in [6.07, 6.45) is 3.21. The summed E-state index contributed by atoms with van der Waals surface area (Å²) < 4.78 is 0. The Bertz CT molecular complexity index is 430. The van der Waals surface area contributed by atoms with Gasteiger partial charge in [0.1, 0.15) is 0 Å². The second-order valence-corrected chi connectivity index (χ2v) is 6.71. The van der Waals surface area contributed by atoms with Crippen LogP contribution in [-0.2, 0) is 11.2 Å². The second kappa shape index (κ2) is 5.87. The van der Waals surface area contributed by atoms with Crippen LogP contribution in [0.5, 0.6) is 0 Å². The lowest BCUT2D eigenvalue weighted by atomic mass is 9.82. The van der Waals surface area contributed by atoms with E-state index in [1.807, 2.05) is 18.0 Å². The Labute approximate surface area is 117 Å². The molecule has 3 heteroatoms. The van der Waals surface area contributed by atoms with Crippen LogP contribution in [0.1, 0.15) is 36.8 Å². The lowest BCUT2D eigenvalue weighted by Gasteiger charge is -2.29. The van der Waals surface area contributed by atoms with Gasteiger partial charge in [-0.25, -0.2) is 0 Å². The molecule has 0 saturated carbocycles. The van der Waals surface area contributed by atoms with E-state index in [0.717, 1.165) is 25.8 Å². The fourth-order valence-corrected chi connectivity index (χ4v) is 3.18. The van der Waals surface area contributed by atoms with Gasteiger partial charge in [-0.15, -0.1) is 0 Å². The summed E-state index contributed by atoms with van der Waals surface area (Å²) in [6.45, 7) is 2.83. The van der Waals surface area contributed by atoms with Crippen molar-refractivity contribution in [2.45, 2.75) is 36.9 Å². The summed E-state index contributed by atoms with van der Waals surface area (Å²) in [5, 5.41) is 0. The molecule has 0 N–H and O–H groups in total. The smallest absolute Gasteiger partial charge is 0.229 e. The molecule has 0 radical (unpaired) electrons. The normalized spacial score (nSPS) is 20.1. The van der Waals surface area contributed by atoms with Crippen molar-refractivity contribution in [1.82, 2.24) is 4.90 Å². The first-order valence-electron chi connectivity index (χ1n) is 6.56. The van der Waals surface area contributed by atoms with Gasteiger partial charge in [-0.1, -0.05) is 47.1 Å². The molecule has 0 aromatic heterocycles. The molecule has 0 aliphatic heterocycles. The number of fused-ring (bicyclic) bond motifs is 1. The zero-order valence-electron chi connectivity index (χ0n) is 11.0. The Kier molecular flexibility index (Phi) is 4.44. The number of rotatable bonds is 3. The quantitative estimate of drug-likeness (QED) is 0.784. The highest BCUT2D eigenvalue weighted by atomic mass is 79.9. The van der Waals surface area contributed by atoms with Crippen LogP contribution < -0.4 is 0 Å². The molecule has 98 valence electrons. The summed E-state index contributed by atoms with van der Waals surface area (Å²) in [6, 6.07) is 8.37. The molecule has 2 unspecified atom stereocenters. The largest absolute Gasteiger partial charge is 0.344 e. The van der Waals surface area contributed by atoms with E-state index in [0.29, 0.717) is 4.83 Å². The third kappa shape index (κ3) is 2.94. The maximum absolute atomic E-state index is 12.5. The van der Waals surface area contributed by atoms with E-state index in [1.54, 1.807) is 0 Å². The van der Waals surface area contributed by atoms with Gasteiger partial charge < -0.3 is 4.90 Å². The molecule has 2 nitrogen and oxygen atoms in total. The Morgan fingerprint density at radius 1 is 1.50 bits per heavy atom. The van der Waals surface area contributed by atoms with Gasteiger partial charge in [0, 0.05) is 18.4 Å². The average molecular weight is 310 g/mol. The Hall–Kier alpha value is -0.830. The maximum atomic E-state index is 12.5. The molecule has 1 aromatic carbocycles. The molecule has 0 heterocycles. The third-order valence-corrected chi connectivity index (χ3v) is 3.86. The Morgan fingerprint density at radius 2 is 2.22 bits per heavy atom. The van der Waals surface area contributed by atoms with Crippen LogP contribution in [0, 0.1) is 0 Å². The molecular formula is C15H20BrNO. The Morgan fingerprint density at radius 3 is 2.94 bits per heavy atom. The van der Waals surface area contributed by atoms with Crippen molar-refractivity contribution in [1.29, 1.82) is 0 Å². The molecule has 2 rings (SSSR count). The van der Waals surface area contributed by atoms with Gasteiger partial charge in [0.25, 0.3) is 0 Å². The van der Waals surface area contributed by atoms with Crippen molar-refractivity contribution < 1.29 is 4.79 Å². The molecule has 1 aliphatic rings. The Balaban J connectivity index is 2.17. The van der Waals surface area contributed by atoms with E-state index in [2.05, 4.69) is 41.1 Å². The molecule has 0 spiro atoms. The van der Waals surface area contributed by atoms with Crippen LogP contribution in [0.3, 0.4) is 0 Å². The number of nitrogens with zero attached hydrogens (tertiary/aromatic N) is 1. The number of amides is 1. The molecule has 0 saturated heterocycles. The van der Waals surface area contributed by atoms with Crippen LogP contribution in [0.4, 0.5) is 0 Å². The minimum atomic E-state index is 0.0613. The number of hydrogen-bond donors (Lipinski definition) is 0. The molecule has 0 bridgehead atoms. The van der Waals surface area contributed by atoms with Crippen LogP contribution in [-0.4, -0.2) is 29.2 Å². The van der Waals surface area contributed by atoms with Crippen molar-refractivity contribution in [3.05, 3.63) is 35.4 Å². The molecule has 0 fully saturated rings. The number of halogens is 1. The van der Waals surface area contributed by atoms with Gasteiger partial charge in [0.05, 0.1) is 5.92 Å². The summed E-state index contributed by atoms with van der Waals surface area (Å²) in [5.41, 5.74) is 2.59. The molecule has 1 amide bonds. The number of carbonyl (C=O) groups excluding carboxylic acids is 1. The van der Waals surface area contributed by atoms with E-state index < -0.39 is 0 Å². The zero-order chi connectivity index (χ0) is 13.1. The van der Waals surface area contributed by atoms with Gasteiger partial charge in [-0.2, -0.15) is 0 Å². The van der Waals surface area contributed by atoms with E-state index in [-0.39, 0.29) is 11.8 Å². The van der Waals surface area contributed by atoms with Gasteiger partial charge in [-0.3, -0.25) is 4.79 Å². The first-order valence-corrected chi connectivity index (χ1v) is 7.48. The summed E-state index contributed by atoms with van der Waals surface area (Å²) >= 11 is 3.51. The molecular weight excluding hydrogens is 290 g/mol. The molecule has 1 aliphatic carbocycles. The van der Waals surface area contributed by atoms with Crippen molar-refractivity contribution in [3.63, 3.8) is 0 Å². The molecule has 2 atom stereocenters. The van der Waals surface area contributed by atoms with E-state index in [4.69, 9.17) is 0 Å². The summed E-state index contributed by atoms with van der Waals surface area (Å²) in [7, 11) is 1.90. The zero-order valence-corrected chi connectivity index (χ0v) is 12.6. The van der Waals surface area contributed by atoms with E-state index in [9.17, 15) is 4.79 Å². The van der Waals surface area contributed by atoms with Gasteiger partial charge in [-0.05, 0) is 30.4 Å². The predicted molar refractivity (Wildman–Crippen MR) is 78.1 cm³/mol. The standard InChI is InChI=1S/C15H20BrNO/c1-11(16)10-17(2)15(18)14-9-5-7-12-6-3-4-8-13(12)14/h3-4,6,8,11,14H,5,7,9-10H2,1-2H3. The number of hydrogen-bond acceptors (Lipinski definition) is 1. The predicted octanol–water partition coefficient (Wildman–Crippen LogP) is 3.35. The topological polar surface area (TPSA) is 20.3 Å². The van der Waals surface area contributed by atoms with Crippen molar-refractivity contribution in [2.24, 2.45) is 0 Å². The van der Waals surface area contributed by atoms with Gasteiger partial charge >= 0.3 is 0 Å². The lowest BCUT2D eigenvalue weighted by Crippen LogP contribution is -2.36. The number of likely N-dealkylation sites (N-methyl/N-ethyl adjacent to an activating group) is 1. The lowest BCUT2D eigenvalue weighted by molar-refractivity contribution is -0.131. The number of aryl methyl sites for hydroxylation is 1. The highest BCUT2D eigenvalue weighted by molar-refractivity contribution is 9.09.